The lowest BCUT2D eigenvalue weighted by molar-refractivity contribution is -0.136. The second kappa shape index (κ2) is 8.77. The molecule has 3 amide bonds. The second-order valence-corrected chi connectivity index (χ2v) is 8.22. The third-order valence-corrected chi connectivity index (χ3v) is 6.10. The summed E-state index contributed by atoms with van der Waals surface area (Å²) in [4.78, 5) is 40.6. The molecule has 1 aromatic rings. The van der Waals surface area contributed by atoms with Gasteiger partial charge in [0.2, 0.25) is 11.8 Å². The molecule has 3 heterocycles. The van der Waals surface area contributed by atoms with E-state index in [9.17, 15) is 23.2 Å². The Morgan fingerprint density at radius 3 is 2.80 bits per heavy atom. The van der Waals surface area contributed by atoms with Crippen LogP contribution in [0.3, 0.4) is 0 Å². The summed E-state index contributed by atoms with van der Waals surface area (Å²) in [5.74, 6) is -0.904. The van der Waals surface area contributed by atoms with Crippen LogP contribution in [-0.4, -0.2) is 65.7 Å². The molecule has 162 valence electrons. The molecular weight excluding hydrogens is 394 g/mol. The third kappa shape index (κ3) is 4.37. The Hall–Kier alpha value is -2.39. The average molecular weight is 420 g/mol. The van der Waals surface area contributed by atoms with Gasteiger partial charge in [-0.05, 0) is 36.9 Å². The lowest BCUT2D eigenvalue weighted by atomic mass is 10.00. The van der Waals surface area contributed by atoms with Crippen LogP contribution >= 0.6 is 0 Å². The summed E-state index contributed by atoms with van der Waals surface area (Å²) in [5, 5.41) is 5.24. The van der Waals surface area contributed by atoms with Crippen LogP contribution in [-0.2, 0) is 22.7 Å². The summed E-state index contributed by atoms with van der Waals surface area (Å²) in [5.41, 5.74) is 2.40. The summed E-state index contributed by atoms with van der Waals surface area (Å²) in [6.07, 6.45) is -0.0355. The number of nitrogens with one attached hydrogen (secondary N) is 2. The molecule has 30 heavy (non-hydrogen) atoms. The zero-order chi connectivity index (χ0) is 21.3. The highest BCUT2D eigenvalue weighted by atomic mass is 19.3. The molecule has 9 heteroatoms. The van der Waals surface area contributed by atoms with E-state index < -0.39 is 18.4 Å². The number of hydrogen-bond acceptors (Lipinski definition) is 5. The van der Waals surface area contributed by atoms with E-state index >= 15 is 0 Å². The minimum Gasteiger partial charge on any atom is -0.322 e. The Morgan fingerprint density at radius 2 is 2.03 bits per heavy atom. The Morgan fingerprint density at radius 1 is 1.20 bits per heavy atom. The molecule has 0 aromatic heterocycles. The number of amides is 3. The van der Waals surface area contributed by atoms with Gasteiger partial charge in [-0.1, -0.05) is 18.2 Å². The van der Waals surface area contributed by atoms with Crippen molar-refractivity contribution in [2.75, 3.05) is 19.6 Å². The van der Waals surface area contributed by atoms with Crippen molar-refractivity contribution in [3.05, 3.63) is 34.9 Å². The summed E-state index contributed by atoms with van der Waals surface area (Å²) in [6, 6.07) is 5.10. The highest BCUT2D eigenvalue weighted by Crippen LogP contribution is 2.30. The molecule has 2 N–H and O–H groups in total. The van der Waals surface area contributed by atoms with Crippen LogP contribution in [0.25, 0.3) is 0 Å². The quantitative estimate of drug-likeness (QED) is 0.678. The number of carbonyl (C=O) groups excluding carboxylic acids is 3. The summed E-state index contributed by atoms with van der Waals surface area (Å²) in [6.45, 7) is 2.11. The van der Waals surface area contributed by atoms with E-state index in [0.29, 0.717) is 31.6 Å². The maximum atomic E-state index is 13.2. The zero-order valence-corrected chi connectivity index (χ0v) is 16.7. The Kier molecular flexibility index (Phi) is 6.10. The van der Waals surface area contributed by atoms with Crippen LogP contribution in [0.4, 0.5) is 8.78 Å². The fraction of sp³-hybridized carbons (Fsp3) is 0.571. The predicted octanol–water partition coefficient (Wildman–Crippen LogP) is 1.27. The molecule has 1 aromatic carbocycles. The summed E-state index contributed by atoms with van der Waals surface area (Å²) < 4.78 is 25.0. The first-order valence-electron chi connectivity index (χ1n) is 10.4. The van der Waals surface area contributed by atoms with E-state index in [1.165, 1.54) is 0 Å². The molecule has 2 atom stereocenters. The summed E-state index contributed by atoms with van der Waals surface area (Å²) >= 11 is 0. The molecule has 3 aliphatic heterocycles. The van der Waals surface area contributed by atoms with Crippen molar-refractivity contribution in [2.45, 2.75) is 57.3 Å². The molecule has 2 fully saturated rings. The van der Waals surface area contributed by atoms with Crippen LogP contribution in [0, 0.1) is 0 Å². The van der Waals surface area contributed by atoms with Crippen LogP contribution in [0.1, 0.15) is 47.2 Å². The fourth-order valence-electron chi connectivity index (χ4n) is 4.68. The number of halogens is 2. The van der Waals surface area contributed by atoms with Crippen molar-refractivity contribution < 1.29 is 23.2 Å². The Bertz CT molecular complexity index is 848. The van der Waals surface area contributed by atoms with Crippen molar-refractivity contribution in [1.82, 2.24) is 20.4 Å². The normalized spacial score (nSPS) is 25.0. The highest BCUT2D eigenvalue weighted by molar-refractivity contribution is 6.05. The molecule has 0 aliphatic carbocycles. The number of piperidine rings is 2. The molecule has 4 rings (SSSR count). The van der Waals surface area contributed by atoms with Crippen LogP contribution < -0.4 is 10.6 Å². The van der Waals surface area contributed by atoms with Crippen molar-refractivity contribution in [3.63, 3.8) is 0 Å². The molecule has 0 saturated carbocycles. The molecule has 3 aliphatic rings. The van der Waals surface area contributed by atoms with Gasteiger partial charge in [-0.25, -0.2) is 8.78 Å². The molecule has 2 unspecified atom stereocenters. The smallest absolute Gasteiger partial charge is 0.255 e. The van der Waals surface area contributed by atoms with Crippen molar-refractivity contribution in [3.8, 4) is 0 Å². The number of rotatable bonds is 6. The van der Waals surface area contributed by atoms with E-state index in [1.807, 2.05) is 18.2 Å². The Balaban J connectivity index is 1.46. The van der Waals surface area contributed by atoms with Crippen molar-refractivity contribution in [1.29, 1.82) is 0 Å². The molecular formula is C21H26F2N4O3. The summed E-state index contributed by atoms with van der Waals surface area (Å²) in [7, 11) is 0. The van der Waals surface area contributed by atoms with Crippen LogP contribution in [0.15, 0.2) is 18.2 Å². The number of nitrogens with zero attached hydrogens (tertiary/aromatic N) is 2. The number of likely N-dealkylation sites (tertiary alicyclic amines) is 1. The number of alkyl halides is 2. The number of imide groups is 1. The lowest BCUT2D eigenvalue weighted by Gasteiger charge is -2.33. The standard InChI is InChI=1S/C21H26F2N4O3/c22-17(23)9-24-15-5-2-8-26(12-15)10-13-3-1-4-14-11-27(21(30)19(13)14)16-6-7-18(28)25-20(16)29/h1,3-4,15-17,24H,2,5-12H2,(H,25,28,29). The van der Waals surface area contributed by atoms with E-state index in [0.717, 1.165) is 30.5 Å². The molecule has 0 radical (unpaired) electrons. The first-order chi connectivity index (χ1) is 14.4. The zero-order valence-electron chi connectivity index (χ0n) is 16.7. The van der Waals surface area contributed by atoms with Gasteiger partial charge < -0.3 is 10.2 Å². The predicted molar refractivity (Wildman–Crippen MR) is 105 cm³/mol. The minimum absolute atomic E-state index is 0.0141. The fourth-order valence-corrected chi connectivity index (χ4v) is 4.68. The van der Waals surface area contributed by atoms with Gasteiger partial charge in [0.1, 0.15) is 6.04 Å². The number of fused-ring (bicyclic) bond motifs is 1. The van der Waals surface area contributed by atoms with Crippen LogP contribution in [0.2, 0.25) is 0 Å². The van der Waals surface area contributed by atoms with Gasteiger partial charge in [-0.3, -0.25) is 24.6 Å². The van der Waals surface area contributed by atoms with E-state index in [2.05, 4.69) is 15.5 Å². The van der Waals surface area contributed by atoms with Gasteiger partial charge in [-0.2, -0.15) is 0 Å². The van der Waals surface area contributed by atoms with E-state index in [4.69, 9.17) is 0 Å². The number of hydrogen-bond donors (Lipinski definition) is 2. The average Bonchev–Trinajstić information content (AvgIpc) is 3.04. The van der Waals surface area contributed by atoms with Gasteiger partial charge in [0.05, 0.1) is 6.54 Å². The maximum absolute atomic E-state index is 13.2. The van der Waals surface area contributed by atoms with Crippen molar-refractivity contribution in [2.24, 2.45) is 0 Å². The van der Waals surface area contributed by atoms with Gasteiger partial charge in [-0.15, -0.1) is 0 Å². The molecule has 2 saturated heterocycles. The van der Waals surface area contributed by atoms with Gasteiger partial charge in [0, 0.05) is 37.7 Å². The third-order valence-electron chi connectivity index (χ3n) is 6.10. The van der Waals surface area contributed by atoms with Crippen molar-refractivity contribution >= 4 is 17.7 Å². The molecule has 0 bridgehead atoms. The minimum atomic E-state index is -2.37. The van der Waals surface area contributed by atoms with E-state index in [1.54, 1.807) is 4.90 Å². The van der Waals surface area contributed by atoms with Gasteiger partial charge in [0.25, 0.3) is 12.3 Å². The Labute approximate surface area is 173 Å². The number of carbonyl (C=O) groups is 3. The number of benzene rings is 1. The molecule has 7 nitrogen and oxygen atoms in total. The van der Waals surface area contributed by atoms with Gasteiger partial charge in [0.15, 0.2) is 0 Å². The molecule has 0 spiro atoms. The van der Waals surface area contributed by atoms with E-state index in [-0.39, 0.29) is 30.8 Å². The second-order valence-electron chi connectivity index (χ2n) is 8.22. The topological polar surface area (TPSA) is 81.8 Å². The largest absolute Gasteiger partial charge is 0.322 e. The van der Waals surface area contributed by atoms with Crippen LogP contribution in [0.5, 0.6) is 0 Å². The lowest BCUT2D eigenvalue weighted by Crippen LogP contribution is -2.52. The first-order valence-corrected chi connectivity index (χ1v) is 10.4. The first kappa shape index (κ1) is 20.9. The highest BCUT2D eigenvalue weighted by Gasteiger charge is 2.40. The SMILES string of the molecule is O=C1CCC(N2Cc3cccc(CN4CCCC(NCC(F)F)C4)c3C2=O)C(=O)N1. The monoisotopic (exact) mass is 420 g/mol. The van der Waals surface area contributed by atoms with Gasteiger partial charge >= 0.3 is 0 Å². The maximum Gasteiger partial charge on any atom is 0.255 e.